The van der Waals surface area contributed by atoms with Crippen LogP contribution in [0.25, 0.3) is 11.4 Å². The summed E-state index contributed by atoms with van der Waals surface area (Å²) in [6.07, 6.45) is -2.94. The maximum Gasteiger partial charge on any atom is 0.416 e. The highest BCUT2D eigenvalue weighted by molar-refractivity contribution is 7.99. The molecule has 0 aliphatic heterocycles. The second kappa shape index (κ2) is 10.0. The minimum Gasteiger partial charge on any atom is -0.496 e. The Morgan fingerprint density at radius 3 is 2.68 bits per heavy atom. The fourth-order valence-corrected chi connectivity index (χ4v) is 3.96. The molecule has 176 valence electrons. The molecule has 0 radical (unpaired) electrons. The number of benzene rings is 2. The van der Waals surface area contributed by atoms with Gasteiger partial charge < -0.3 is 14.5 Å². The lowest BCUT2D eigenvalue weighted by molar-refractivity contribution is -0.137. The van der Waals surface area contributed by atoms with E-state index in [9.17, 15) is 18.0 Å². The van der Waals surface area contributed by atoms with Crippen molar-refractivity contribution >= 4 is 23.4 Å². The number of thioether (sulfide) groups is 1. The first-order chi connectivity index (χ1) is 16.3. The number of hydrogen-bond acceptors (Lipinski definition) is 6. The van der Waals surface area contributed by atoms with Crippen LogP contribution in [0.2, 0.25) is 0 Å². The van der Waals surface area contributed by atoms with E-state index in [0.717, 1.165) is 23.9 Å². The third kappa shape index (κ3) is 5.42. The highest BCUT2D eigenvalue weighted by Crippen LogP contribution is 2.32. The molecule has 0 spiro atoms. The minimum atomic E-state index is -4.49. The van der Waals surface area contributed by atoms with Gasteiger partial charge in [0.1, 0.15) is 11.5 Å². The normalized spacial score (nSPS) is 11.4. The molecule has 4 rings (SSSR count). The van der Waals surface area contributed by atoms with Crippen molar-refractivity contribution in [2.75, 3.05) is 18.2 Å². The lowest BCUT2D eigenvalue weighted by Crippen LogP contribution is -2.15. The van der Waals surface area contributed by atoms with Gasteiger partial charge in [0.2, 0.25) is 5.91 Å². The smallest absolute Gasteiger partial charge is 0.416 e. The Hall–Kier alpha value is -3.73. The molecule has 0 bridgehead atoms. The number of nitrogens with one attached hydrogen (secondary N) is 1. The van der Waals surface area contributed by atoms with Crippen LogP contribution in [0, 0.1) is 0 Å². The first-order valence-corrected chi connectivity index (χ1v) is 11.0. The number of rotatable bonds is 8. The summed E-state index contributed by atoms with van der Waals surface area (Å²) >= 11 is 1.11. The number of hydrogen-bond donors (Lipinski definition) is 1. The van der Waals surface area contributed by atoms with E-state index < -0.39 is 17.6 Å². The summed E-state index contributed by atoms with van der Waals surface area (Å²) in [7, 11) is 1.56. The fourth-order valence-electron chi connectivity index (χ4n) is 3.23. The van der Waals surface area contributed by atoms with Crippen molar-refractivity contribution in [3.8, 4) is 17.1 Å². The monoisotopic (exact) mass is 488 g/mol. The number of furan rings is 1. The fraction of sp³-hybridized carbons (Fsp3) is 0.174. The molecule has 0 aliphatic rings. The Morgan fingerprint density at radius 2 is 1.94 bits per heavy atom. The molecule has 1 amide bonds. The summed E-state index contributed by atoms with van der Waals surface area (Å²) < 4.78 is 51.5. The van der Waals surface area contributed by atoms with E-state index in [4.69, 9.17) is 9.15 Å². The molecule has 2 heterocycles. The molecule has 7 nitrogen and oxygen atoms in total. The number of halogens is 3. The van der Waals surface area contributed by atoms with Crippen LogP contribution in [-0.2, 0) is 17.5 Å². The molecule has 0 fully saturated rings. The summed E-state index contributed by atoms with van der Waals surface area (Å²) in [5, 5.41) is 11.4. The number of carbonyl (C=O) groups is 1. The summed E-state index contributed by atoms with van der Waals surface area (Å²) in [4.78, 5) is 12.4. The van der Waals surface area contributed by atoms with E-state index in [1.807, 2.05) is 18.2 Å². The molecule has 4 aromatic rings. The van der Waals surface area contributed by atoms with Crippen LogP contribution in [-0.4, -0.2) is 33.5 Å². The average Bonchev–Trinajstić information content (AvgIpc) is 3.48. The van der Waals surface area contributed by atoms with Crippen LogP contribution in [0.5, 0.6) is 5.75 Å². The second-order valence-corrected chi connectivity index (χ2v) is 8.03. The van der Waals surface area contributed by atoms with Crippen molar-refractivity contribution in [2.45, 2.75) is 17.9 Å². The zero-order valence-corrected chi connectivity index (χ0v) is 18.7. The molecule has 2 aromatic heterocycles. The van der Waals surface area contributed by atoms with Gasteiger partial charge in [0, 0.05) is 5.69 Å². The van der Waals surface area contributed by atoms with Crippen molar-refractivity contribution in [3.05, 3.63) is 78.3 Å². The highest BCUT2D eigenvalue weighted by Gasteiger charge is 2.30. The first kappa shape index (κ1) is 23.4. The molecule has 0 saturated carbocycles. The number of carbonyl (C=O) groups excluding carboxylic acids is 1. The third-order valence-corrected chi connectivity index (χ3v) is 5.73. The lowest BCUT2D eigenvalue weighted by Gasteiger charge is -2.12. The number of aromatic nitrogens is 3. The van der Waals surface area contributed by atoms with Gasteiger partial charge >= 0.3 is 6.18 Å². The molecular formula is C23H19F3N4O3S. The van der Waals surface area contributed by atoms with Crippen molar-refractivity contribution in [3.63, 3.8) is 0 Å². The number of ether oxygens (including phenoxy) is 1. The van der Waals surface area contributed by atoms with Gasteiger partial charge in [-0.2, -0.15) is 13.2 Å². The van der Waals surface area contributed by atoms with E-state index in [1.165, 1.54) is 12.1 Å². The van der Waals surface area contributed by atoms with Crippen molar-refractivity contribution in [2.24, 2.45) is 0 Å². The standard InChI is InChI=1S/C23H19F3N4O3S/c1-32-19-10-3-2-9-18(19)21-28-29-22(30(21)13-17-8-5-11-33-17)34-14-20(31)27-16-7-4-6-15(12-16)23(24,25)26/h2-12H,13-14H2,1H3,(H,27,31). The maximum atomic E-state index is 12.9. The van der Waals surface area contributed by atoms with Gasteiger partial charge in [-0.25, -0.2) is 0 Å². The SMILES string of the molecule is COc1ccccc1-c1nnc(SCC(=O)Nc2cccc(C(F)(F)F)c2)n1Cc1ccco1. The quantitative estimate of drug-likeness (QED) is 0.337. The van der Waals surface area contributed by atoms with E-state index in [1.54, 1.807) is 36.1 Å². The van der Waals surface area contributed by atoms with Crippen molar-refractivity contribution in [1.29, 1.82) is 0 Å². The molecule has 0 unspecified atom stereocenters. The lowest BCUT2D eigenvalue weighted by atomic mass is 10.2. The Morgan fingerprint density at radius 1 is 1.12 bits per heavy atom. The zero-order chi connectivity index (χ0) is 24.1. The Bertz CT molecular complexity index is 1270. The number of nitrogens with zero attached hydrogens (tertiary/aromatic N) is 3. The summed E-state index contributed by atoms with van der Waals surface area (Å²) in [5.74, 6) is 1.23. The number of alkyl halides is 3. The minimum absolute atomic E-state index is 0.0622. The summed E-state index contributed by atoms with van der Waals surface area (Å²) in [5.41, 5.74) is -0.0610. The predicted octanol–water partition coefficient (Wildman–Crippen LogP) is 5.34. The Labute approximate surface area is 196 Å². The van der Waals surface area contributed by atoms with Gasteiger partial charge in [-0.1, -0.05) is 30.0 Å². The van der Waals surface area contributed by atoms with Crippen LogP contribution >= 0.6 is 11.8 Å². The van der Waals surface area contributed by atoms with Crippen LogP contribution in [0.3, 0.4) is 0 Å². The number of para-hydroxylation sites is 1. The summed E-state index contributed by atoms with van der Waals surface area (Å²) in [6.45, 7) is 0.310. The summed E-state index contributed by atoms with van der Waals surface area (Å²) in [6, 6.07) is 15.4. The van der Waals surface area contributed by atoms with Gasteiger partial charge in [-0.05, 0) is 42.5 Å². The third-order valence-electron chi connectivity index (χ3n) is 4.76. The predicted molar refractivity (Wildman–Crippen MR) is 121 cm³/mol. The van der Waals surface area contributed by atoms with Gasteiger partial charge in [0.25, 0.3) is 0 Å². The van der Waals surface area contributed by atoms with Crippen LogP contribution in [0.15, 0.2) is 76.5 Å². The van der Waals surface area contributed by atoms with E-state index >= 15 is 0 Å². The van der Waals surface area contributed by atoms with E-state index in [0.29, 0.717) is 34.6 Å². The molecule has 0 saturated heterocycles. The van der Waals surface area contributed by atoms with Crippen LogP contribution in [0.1, 0.15) is 11.3 Å². The molecule has 0 atom stereocenters. The van der Waals surface area contributed by atoms with Gasteiger partial charge in [-0.15, -0.1) is 10.2 Å². The molecule has 0 aliphatic carbocycles. The topological polar surface area (TPSA) is 82.2 Å². The molecular weight excluding hydrogens is 469 g/mol. The van der Waals surface area contributed by atoms with E-state index in [2.05, 4.69) is 15.5 Å². The highest BCUT2D eigenvalue weighted by atomic mass is 32.2. The number of amides is 1. The molecule has 34 heavy (non-hydrogen) atoms. The molecule has 2 aromatic carbocycles. The molecule has 1 N–H and O–H groups in total. The largest absolute Gasteiger partial charge is 0.496 e. The van der Waals surface area contributed by atoms with Crippen molar-refractivity contribution in [1.82, 2.24) is 14.8 Å². The van der Waals surface area contributed by atoms with Gasteiger partial charge in [0.15, 0.2) is 11.0 Å². The Balaban J connectivity index is 1.54. The Kier molecular flexibility index (Phi) is 6.92. The van der Waals surface area contributed by atoms with Crippen molar-refractivity contribution < 1.29 is 27.1 Å². The molecule has 11 heteroatoms. The van der Waals surface area contributed by atoms with Gasteiger partial charge in [0.05, 0.1) is 36.8 Å². The second-order valence-electron chi connectivity index (χ2n) is 7.09. The van der Waals surface area contributed by atoms with E-state index in [-0.39, 0.29) is 11.4 Å². The number of methoxy groups -OCH3 is 1. The van der Waals surface area contributed by atoms with Gasteiger partial charge in [-0.3, -0.25) is 9.36 Å². The maximum absolute atomic E-state index is 12.9. The zero-order valence-electron chi connectivity index (χ0n) is 17.9. The first-order valence-electron chi connectivity index (χ1n) is 10.0. The van der Waals surface area contributed by atoms with Crippen LogP contribution in [0.4, 0.5) is 18.9 Å². The number of anilines is 1. The average molecular weight is 488 g/mol. The van der Waals surface area contributed by atoms with Crippen LogP contribution < -0.4 is 10.1 Å².